The molecule has 0 bridgehead atoms. The highest BCUT2D eigenvalue weighted by atomic mass is 19.4. The van der Waals surface area contributed by atoms with Gasteiger partial charge in [0, 0.05) is 17.0 Å². The summed E-state index contributed by atoms with van der Waals surface area (Å²) in [5, 5.41) is 0.546. The zero-order valence-corrected chi connectivity index (χ0v) is 13.2. The molecule has 0 saturated heterocycles. The molecule has 25 heavy (non-hydrogen) atoms. The maximum absolute atomic E-state index is 12.2. The van der Waals surface area contributed by atoms with E-state index >= 15 is 0 Å². The number of aromatic amines is 1. The minimum atomic E-state index is -4.78. The third-order valence-electron chi connectivity index (χ3n) is 3.45. The van der Waals surface area contributed by atoms with Crippen LogP contribution < -0.4 is 4.74 Å². The third-order valence-corrected chi connectivity index (χ3v) is 3.45. The Balaban J connectivity index is 1.73. The lowest BCUT2D eigenvalue weighted by atomic mass is 10.2. The number of fused-ring (bicyclic) bond motifs is 1. The van der Waals surface area contributed by atoms with Gasteiger partial charge in [-0.25, -0.2) is 9.78 Å². The van der Waals surface area contributed by atoms with Crippen LogP contribution in [0.2, 0.25) is 0 Å². The van der Waals surface area contributed by atoms with E-state index in [9.17, 15) is 18.0 Å². The van der Waals surface area contributed by atoms with Crippen molar-refractivity contribution in [1.82, 2.24) is 9.97 Å². The van der Waals surface area contributed by atoms with Gasteiger partial charge in [0.1, 0.15) is 17.2 Å². The highest BCUT2D eigenvalue weighted by molar-refractivity contribution is 5.95. The molecule has 0 aliphatic heterocycles. The number of ether oxygens (including phenoxy) is 2. The Morgan fingerprint density at radius 1 is 1.28 bits per heavy atom. The van der Waals surface area contributed by atoms with Gasteiger partial charge < -0.3 is 18.9 Å². The second-order valence-electron chi connectivity index (χ2n) is 5.31. The van der Waals surface area contributed by atoms with E-state index in [1.54, 1.807) is 13.8 Å². The van der Waals surface area contributed by atoms with Crippen molar-refractivity contribution in [1.29, 1.82) is 0 Å². The minimum absolute atomic E-state index is 0.0964. The van der Waals surface area contributed by atoms with E-state index < -0.39 is 12.3 Å². The summed E-state index contributed by atoms with van der Waals surface area (Å²) in [6, 6.07) is 5.20. The van der Waals surface area contributed by atoms with Gasteiger partial charge in [-0.3, -0.25) is 0 Å². The summed E-state index contributed by atoms with van der Waals surface area (Å²) in [5.41, 5.74) is 1.12. The number of nitrogens with one attached hydrogen (secondary N) is 1. The molecule has 0 spiro atoms. The summed E-state index contributed by atoms with van der Waals surface area (Å²) < 4.78 is 51.0. The number of aryl methyl sites for hydroxylation is 2. The lowest BCUT2D eigenvalue weighted by molar-refractivity contribution is -0.274. The number of rotatable bonds is 4. The van der Waals surface area contributed by atoms with Gasteiger partial charge in [-0.1, -0.05) is 0 Å². The average molecular weight is 354 g/mol. The number of benzene rings is 1. The van der Waals surface area contributed by atoms with Crippen LogP contribution in [0.5, 0.6) is 5.75 Å². The Kier molecular flexibility index (Phi) is 4.15. The predicted octanol–water partition coefficient (Wildman–Crippen LogP) is 4.03. The summed E-state index contributed by atoms with van der Waals surface area (Å²) in [4.78, 5) is 18.8. The number of carbonyl (C=O) groups excluding carboxylic acids is 1. The van der Waals surface area contributed by atoms with E-state index in [-0.39, 0.29) is 23.9 Å². The number of halogens is 3. The van der Waals surface area contributed by atoms with E-state index in [1.165, 1.54) is 12.1 Å². The molecule has 2 heterocycles. The molecule has 0 radical (unpaired) electrons. The number of aromatic nitrogens is 2. The summed E-state index contributed by atoms with van der Waals surface area (Å²) in [6.07, 6.45) is -4.78. The molecule has 0 unspecified atom stereocenters. The molecule has 1 aromatic carbocycles. The van der Waals surface area contributed by atoms with Crippen molar-refractivity contribution in [3.05, 3.63) is 47.3 Å². The molecular weight excluding hydrogens is 341 g/mol. The number of hydrogen-bond donors (Lipinski definition) is 1. The minimum Gasteiger partial charge on any atom is -0.451 e. The molecule has 3 rings (SSSR count). The molecule has 0 atom stereocenters. The van der Waals surface area contributed by atoms with Crippen LogP contribution in [-0.4, -0.2) is 22.3 Å². The Hall–Kier alpha value is -2.97. The number of carbonyl (C=O) groups is 1. The summed E-state index contributed by atoms with van der Waals surface area (Å²) >= 11 is 0. The molecule has 3 aromatic rings. The van der Waals surface area contributed by atoms with Crippen LogP contribution in [-0.2, 0) is 11.3 Å². The lowest BCUT2D eigenvalue weighted by Crippen LogP contribution is -2.16. The van der Waals surface area contributed by atoms with Crippen molar-refractivity contribution in [3.8, 4) is 5.75 Å². The largest absolute Gasteiger partial charge is 0.573 e. The van der Waals surface area contributed by atoms with Crippen LogP contribution in [0.25, 0.3) is 10.9 Å². The van der Waals surface area contributed by atoms with E-state index in [2.05, 4.69) is 14.7 Å². The Labute approximate surface area is 139 Å². The molecule has 1 N–H and O–H groups in total. The SMILES string of the molecule is Cc1nc(COC(=O)c2cc3ccc(OC(F)(F)F)cc3[nH]2)oc1C. The standard InChI is InChI=1S/C16H13F3N2O4/c1-8-9(2)24-14(20-8)7-23-15(22)13-5-10-3-4-11(6-12(10)21-13)25-16(17,18)19/h3-6,21H,7H2,1-2H3. The second-order valence-corrected chi connectivity index (χ2v) is 5.31. The molecule has 2 aromatic heterocycles. The number of nitrogens with zero attached hydrogens (tertiary/aromatic N) is 1. The van der Waals surface area contributed by atoms with Gasteiger partial charge in [0.2, 0.25) is 5.89 Å². The Morgan fingerprint density at radius 2 is 2.04 bits per heavy atom. The zero-order chi connectivity index (χ0) is 18.2. The average Bonchev–Trinajstić information content (AvgIpc) is 3.06. The first kappa shape index (κ1) is 16.9. The van der Waals surface area contributed by atoms with E-state index in [0.29, 0.717) is 22.4 Å². The highest BCUT2D eigenvalue weighted by Gasteiger charge is 2.31. The van der Waals surface area contributed by atoms with Crippen LogP contribution in [0.3, 0.4) is 0 Å². The third kappa shape index (κ3) is 3.93. The van der Waals surface area contributed by atoms with Crippen LogP contribution in [0.4, 0.5) is 13.2 Å². The monoisotopic (exact) mass is 354 g/mol. The first-order valence-corrected chi connectivity index (χ1v) is 7.20. The molecule has 132 valence electrons. The Bertz CT molecular complexity index is 908. The smallest absolute Gasteiger partial charge is 0.451 e. The fraction of sp³-hybridized carbons (Fsp3) is 0.250. The van der Waals surface area contributed by atoms with Gasteiger partial charge in [-0.05, 0) is 32.0 Å². The number of alkyl halides is 3. The van der Waals surface area contributed by atoms with Gasteiger partial charge in [0.25, 0.3) is 0 Å². The van der Waals surface area contributed by atoms with Crippen molar-refractivity contribution < 1.29 is 31.9 Å². The highest BCUT2D eigenvalue weighted by Crippen LogP contribution is 2.27. The predicted molar refractivity (Wildman–Crippen MR) is 80.1 cm³/mol. The van der Waals surface area contributed by atoms with Gasteiger partial charge in [-0.15, -0.1) is 13.2 Å². The molecule has 0 aliphatic carbocycles. The van der Waals surface area contributed by atoms with Crippen molar-refractivity contribution in [3.63, 3.8) is 0 Å². The van der Waals surface area contributed by atoms with Gasteiger partial charge in [0.15, 0.2) is 6.61 Å². The fourth-order valence-corrected chi connectivity index (χ4v) is 2.22. The molecule has 9 heteroatoms. The zero-order valence-electron chi connectivity index (χ0n) is 13.2. The maximum Gasteiger partial charge on any atom is 0.573 e. The van der Waals surface area contributed by atoms with Crippen molar-refractivity contribution in [2.45, 2.75) is 26.8 Å². The van der Waals surface area contributed by atoms with Gasteiger partial charge in [-0.2, -0.15) is 0 Å². The maximum atomic E-state index is 12.2. The van der Waals surface area contributed by atoms with Crippen molar-refractivity contribution in [2.24, 2.45) is 0 Å². The number of H-pyrrole nitrogens is 1. The first-order chi connectivity index (χ1) is 11.7. The van der Waals surface area contributed by atoms with E-state index in [0.717, 1.165) is 12.1 Å². The summed E-state index contributed by atoms with van der Waals surface area (Å²) in [7, 11) is 0. The van der Waals surface area contributed by atoms with Crippen LogP contribution >= 0.6 is 0 Å². The number of hydrogen-bond acceptors (Lipinski definition) is 5. The van der Waals surface area contributed by atoms with Crippen LogP contribution in [0.1, 0.15) is 27.8 Å². The van der Waals surface area contributed by atoms with Crippen molar-refractivity contribution >= 4 is 16.9 Å². The number of esters is 1. The molecular formula is C16H13F3N2O4. The van der Waals surface area contributed by atoms with Gasteiger partial charge in [0.05, 0.1) is 5.69 Å². The molecule has 0 amide bonds. The molecule has 0 fully saturated rings. The molecule has 6 nitrogen and oxygen atoms in total. The second kappa shape index (κ2) is 6.15. The summed E-state index contributed by atoms with van der Waals surface area (Å²) in [6.45, 7) is 3.36. The lowest BCUT2D eigenvalue weighted by Gasteiger charge is -2.08. The topological polar surface area (TPSA) is 77.4 Å². The molecule has 0 saturated carbocycles. The normalized spacial score (nSPS) is 11.7. The van der Waals surface area contributed by atoms with Gasteiger partial charge >= 0.3 is 12.3 Å². The quantitative estimate of drug-likeness (QED) is 0.716. The fourth-order valence-electron chi connectivity index (χ4n) is 2.22. The first-order valence-electron chi connectivity index (χ1n) is 7.20. The molecule has 0 aliphatic rings. The summed E-state index contributed by atoms with van der Waals surface area (Å²) in [5.74, 6) is -0.162. The van der Waals surface area contributed by atoms with Crippen LogP contribution in [0.15, 0.2) is 28.7 Å². The number of oxazole rings is 1. The van der Waals surface area contributed by atoms with E-state index in [1.807, 2.05) is 0 Å². The van der Waals surface area contributed by atoms with Crippen molar-refractivity contribution in [2.75, 3.05) is 0 Å². The van der Waals surface area contributed by atoms with Crippen LogP contribution in [0, 0.1) is 13.8 Å². The Morgan fingerprint density at radius 3 is 2.68 bits per heavy atom. The van der Waals surface area contributed by atoms with E-state index in [4.69, 9.17) is 9.15 Å².